The van der Waals surface area contributed by atoms with E-state index in [0.717, 1.165) is 25.9 Å². The van der Waals surface area contributed by atoms with E-state index >= 15 is 0 Å². The smallest absolute Gasteiger partial charge is 0.192 e. The molecule has 10 atom stereocenters. The number of fused-ring (bicyclic) bond motifs is 7. The van der Waals surface area contributed by atoms with Crippen molar-refractivity contribution in [3.8, 4) is 0 Å². The molecular formula is C36H66O4Si2. The molecule has 0 unspecified atom stereocenters. The summed E-state index contributed by atoms with van der Waals surface area (Å²) >= 11 is 0. The standard InChI is InChI=1S/C36H66O4Si2/c1-32(2,3)41(9,10)39-23-24-20-25-21-26(40-42(11,12)33(4,5)6)14-17-34(25,7)28-15-18-35(8)31(30(24)28)27-22-29(27)36(35,38)16-13-19-37/h20,24,26-31,37-38H,13-19,21-23H2,1-12H3/t24-,26+,27-,28+,29+,30-,31+,34+,35+,36+/m1/s1. The predicted octanol–water partition coefficient (Wildman–Crippen LogP) is 8.95. The third-order valence-electron chi connectivity index (χ3n) is 14.8. The minimum Gasteiger partial charge on any atom is -0.416 e. The molecule has 0 radical (unpaired) electrons. The summed E-state index contributed by atoms with van der Waals surface area (Å²) < 4.78 is 14.1. The van der Waals surface area contributed by atoms with E-state index in [2.05, 4.69) is 87.7 Å². The van der Waals surface area contributed by atoms with Gasteiger partial charge in [-0.25, -0.2) is 0 Å². The second-order valence-corrected chi connectivity index (χ2v) is 28.6. The van der Waals surface area contributed by atoms with Gasteiger partial charge in [-0.15, -0.1) is 0 Å². The van der Waals surface area contributed by atoms with Crippen LogP contribution in [-0.4, -0.2) is 51.8 Å². The molecule has 6 heteroatoms. The van der Waals surface area contributed by atoms with Crippen LogP contribution in [-0.2, 0) is 8.85 Å². The molecule has 4 nitrogen and oxygen atoms in total. The van der Waals surface area contributed by atoms with Crippen LogP contribution in [0.15, 0.2) is 11.6 Å². The van der Waals surface area contributed by atoms with Crippen LogP contribution >= 0.6 is 0 Å². The Labute approximate surface area is 261 Å². The lowest BCUT2D eigenvalue weighted by Crippen LogP contribution is -2.59. The van der Waals surface area contributed by atoms with E-state index in [1.807, 2.05) is 0 Å². The van der Waals surface area contributed by atoms with Crippen LogP contribution < -0.4 is 0 Å². The molecule has 0 heterocycles. The summed E-state index contributed by atoms with van der Waals surface area (Å²) in [6.45, 7) is 29.8. The van der Waals surface area contributed by atoms with Gasteiger partial charge in [-0.05, 0) is 128 Å². The van der Waals surface area contributed by atoms with Crippen LogP contribution in [0.1, 0.15) is 107 Å². The quantitative estimate of drug-likeness (QED) is 0.211. The summed E-state index contributed by atoms with van der Waals surface area (Å²) in [5, 5.41) is 22.5. The number of aliphatic hydroxyl groups excluding tert-OH is 1. The van der Waals surface area contributed by atoms with Gasteiger partial charge in [-0.3, -0.25) is 0 Å². The molecule has 0 spiro atoms. The van der Waals surface area contributed by atoms with E-state index in [1.54, 1.807) is 5.57 Å². The molecule has 0 amide bonds. The van der Waals surface area contributed by atoms with Crippen LogP contribution in [0.25, 0.3) is 0 Å². The van der Waals surface area contributed by atoms with Crippen LogP contribution in [0.5, 0.6) is 0 Å². The first kappa shape index (κ1) is 33.4. The Morgan fingerprint density at radius 1 is 0.929 bits per heavy atom. The molecule has 5 aliphatic carbocycles. The molecule has 0 aromatic carbocycles. The Balaban J connectivity index is 1.50. The lowest BCUT2D eigenvalue weighted by atomic mass is 9.44. The molecule has 242 valence electrons. The second kappa shape index (κ2) is 10.5. The monoisotopic (exact) mass is 618 g/mol. The molecule has 42 heavy (non-hydrogen) atoms. The van der Waals surface area contributed by atoms with Crippen molar-refractivity contribution in [2.24, 2.45) is 46.3 Å². The lowest BCUT2D eigenvalue weighted by molar-refractivity contribution is -0.159. The van der Waals surface area contributed by atoms with Crippen molar-refractivity contribution in [1.82, 2.24) is 0 Å². The third-order valence-corrected chi connectivity index (χ3v) is 23.8. The topological polar surface area (TPSA) is 58.9 Å². The maximum Gasteiger partial charge on any atom is 0.192 e. The van der Waals surface area contributed by atoms with Gasteiger partial charge in [-0.2, -0.15) is 0 Å². The number of hydrogen-bond donors (Lipinski definition) is 2. The van der Waals surface area contributed by atoms with Gasteiger partial charge in [0.05, 0.1) is 5.60 Å². The first-order valence-electron chi connectivity index (χ1n) is 17.5. The Hall–Kier alpha value is 0.0138. The van der Waals surface area contributed by atoms with E-state index in [4.69, 9.17) is 8.85 Å². The van der Waals surface area contributed by atoms with Gasteiger partial charge in [0.1, 0.15) is 0 Å². The van der Waals surface area contributed by atoms with Crippen molar-refractivity contribution in [1.29, 1.82) is 0 Å². The van der Waals surface area contributed by atoms with Gasteiger partial charge in [0.25, 0.3) is 0 Å². The van der Waals surface area contributed by atoms with Gasteiger partial charge < -0.3 is 19.1 Å². The average Bonchev–Trinajstić information content (AvgIpc) is 3.62. The van der Waals surface area contributed by atoms with Gasteiger partial charge >= 0.3 is 0 Å². The van der Waals surface area contributed by atoms with E-state index in [-0.39, 0.29) is 27.5 Å². The Bertz CT molecular complexity index is 1060. The summed E-state index contributed by atoms with van der Waals surface area (Å²) in [6, 6.07) is 0. The molecule has 5 aliphatic rings. The fraction of sp³-hybridized carbons (Fsp3) is 0.944. The molecule has 4 saturated carbocycles. The highest BCUT2D eigenvalue weighted by molar-refractivity contribution is 6.74. The Morgan fingerprint density at radius 2 is 1.57 bits per heavy atom. The van der Waals surface area contributed by atoms with Crippen molar-refractivity contribution >= 4 is 16.6 Å². The Kier molecular flexibility index (Phi) is 8.36. The predicted molar refractivity (Wildman–Crippen MR) is 179 cm³/mol. The van der Waals surface area contributed by atoms with E-state index < -0.39 is 22.2 Å². The zero-order valence-corrected chi connectivity index (χ0v) is 31.4. The van der Waals surface area contributed by atoms with Crippen molar-refractivity contribution in [3.63, 3.8) is 0 Å². The third kappa shape index (κ3) is 5.12. The summed E-state index contributed by atoms with van der Waals surface area (Å²) in [4.78, 5) is 0. The first-order valence-corrected chi connectivity index (χ1v) is 23.3. The molecule has 4 fully saturated rings. The fourth-order valence-corrected chi connectivity index (χ4v) is 12.5. The van der Waals surface area contributed by atoms with Gasteiger partial charge in [-0.1, -0.05) is 67.0 Å². The van der Waals surface area contributed by atoms with Crippen LogP contribution in [0.2, 0.25) is 36.3 Å². The fourth-order valence-electron chi connectivity index (χ4n) is 10.1. The molecule has 0 aliphatic heterocycles. The molecule has 5 rings (SSSR count). The van der Waals surface area contributed by atoms with Crippen LogP contribution in [0, 0.1) is 46.3 Å². The SMILES string of the molecule is CC(C)(C)[Si](C)(C)OC[C@H]1C=C2C[C@@H](O[Si](C)(C)C(C)(C)C)CC[C@]2(C)[C@H]2CC[C@@]3(C)[C@@H]([C@@H]4C[C@@H]4[C@@]3(O)CCCO)[C@H]12. The minimum atomic E-state index is -1.90. The second-order valence-electron chi connectivity index (χ2n) is 19.0. The summed E-state index contributed by atoms with van der Waals surface area (Å²) in [5.74, 6) is 3.24. The average molecular weight is 619 g/mol. The number of hydrogen-bond acceptors (Lipinski definition) is 4. The maximum absolute atomic E-state index is 12.4. The highest BCUT2D eigenvalue weighted by Crippen LogP contribution is 2.78. The first-order chi connectivity index (χ1) is 19.1. The maximum atomic E-state index is 12.4. The zero-order chi connectivity index (χ0) is 31.3. The summed E-state index contributed by atoms with van der Waals surface area (Å²) in [5.41, 5.74) is 1.20. The van der Waals surface area contributed by atoms with Crippen molar-refractivity contribution in [2.75, 3.05) is 13.2 Å². The molecule has 0 bridgehead atoms. The van der Waals surface area contributed by atoms with Crippen molar-refractivity contribution < 1.29 is 19.1 Å². The van der Waals surface area contributed by atoms with Gasteiger partial charge in [0.2, 0.25) is 0 Å². The van der Waals surface area contributed by atoms with Crippen molar-refractivity contribution in [2.45, 2.75) is 155 Å². The zero-order valence-electron chi connectivity index (χ0n) is 29.4. The molecular weight excluding hydrogens is 553 g/mol. The van der Waals surface area contributed by atoms with Gasteiger partial charge in [0, 0.05) is 25.2 Å². The molecule has 0 saturated heterocycles. The highest BCUT2D eigenvalue weighted by Gasteiger charge is 2.76. The van der Waals surface area contributed by atoms with E-state index in [9.17, 15) is 10.2 Å². The summed E-state index contributed by atoms with van der Waals surface area (Å²) in [7, 11) is -3.74. The molecule has 2 N–H and O–H groups in total. The highest BCUT2D eigenvalue weighted by atomic mass is 28.4. The number of rotatable bonds is 8. The van der Waals surface area contributed by atoms with Gasteiger partial charge in [0.15, 0.2) is 16.6 Å². The van der Waals surface area contributed by atoms with E-state index in [1.165, 1.54) is 25.7 Å². The normalized spacial score (nSPS) is 43.7. The van der Waals surface area contributed by atoms with E-state index in [0.29, 0.717) is 48.0 Å². The van der Waals surface area contributed by atoms with Crippen LogP contribution in [0.3, 0.4) is 0 Å². The molecule has 0 aromatic heterocycles. The van der Waals surface area contributed by atoms with Crippen LogP contribution in [0.4, 0.5) is 0 Å². The minimum absolute atomic E-state index is 0.0590. The van der Waals surface area contributed by atoms with Crippen molar-refractivity contribution in [3.05, 3.63) is 11.6 Å². The molecule has 0 aromatic rings. The largest absolute Gasteiger partial charge is 0.416 e. The summed E-state index contributed by atoms with van der Waals surface area (Å²) in [6.07, 6.45) is 11.5. The lowest BCUT2D eigenvalue weighted by Gasteiger charge is -2.62. The Morgan fingerprint density at radius 3 is 2.17 bits per heavy atom. The number of aliphatic hydroxyl groups is 2.